The van der Waals surface area contributed by atoms with Gasteiger partial charge in [-0.15, -0.1) is 0 Å². The van der Waals surface area contributed by atoms with E-state index in [2.05, 4.69) is 45.9 Å². The van der Waals surface area contributed by atoms with Crippen LogP contribution in [-0.2, 0) is 20.4 Å². The fourth-order valence-electron chi connectivity index (χ4n) is 2.57. The first-order valence-corrected chi connectivity index (χ1v) is 6.51. The number of hydrogen-bond donors (Lipinski definition) is 0. The topological polar surface area (TPSA) is 26.3 Å². The lowest BCUT2D eigenvalue weighted by Crippen LogP contribution is -2.23. The highest BCUT2D eigenvalue weighted by atomic mass is 16.5. The molecule has 1 aromatic carbocycles. The normalized spacial score (nSPS) is 17.4. The molecule has 0 amide bonds. The van der Waals surface area contributed by atoms with Crippen LogP contribution in [0.25, 0.3) is 0 Å². The maximum Gasteiger partial charge on any atom is 0.316 e. The van der Waals surface area contributed by atoms with Crippen molar-refractivity contribution < 1.29 is 9.53 Å². The molecule has 2 heteroatoms. The summed E-state index contributed by atoms with van der Waals surface area (Å²) in [5, 5.41) is 0. The summed E-state index contributed by atoms with van der Waals surface area (Å²) in [5.74, 6) is -0.0888. The fourth-order valence-corrected chi connectivity index (χ4v) is 2.57. The van der Waals surface area contributed by atoms with Crippen molar-refractivity contribution in [1.82, 2.24) is 0 Å². The van der Waals surface area contributed by atoms with E-state index in [4.69, 9.17) is 4.74 Å². The van der Waals surface area contributed by atoms with Crippen LogP contribution in [0.5, 0.6) is 0 Å². The lowest BCUT2D eigenvalue weighted by Gasteiger charge is -2.22. The highest BCUT2D eigenvalue weighted by Gasteiger charge is 2.53. The van der Waals surface area contributed by atoms with Crippen molar-refractivity contribution in [3.05, 3.63) is 34.9 Å². The average molecular weight is 246 g/mol. The van der Waals surface area contributed by atoms with Crippen molar-refractivity contribution in [3.63, 3.8) is 0 Å². The first-order valence-electron chi connectivity index (χ1n) is 6.51. The molecule has 18 heavy (non-hydrogen) atoms. The van der Waals surface area contributed by atoms with E-state index in [1.165, 1.54) is 18.2 Å². The minimum Gasteiger partial charge on any atom is -0.468 e. The van der Waals surface area contributed by atoms with Crippen LogP contribution < -0.4 is 0 Å². The number of hydrogen-bond acceptors (Lipinski definition) is 2. The van der Waals surface area contributed by atoms with Gasteiger partial charge in [0.25, 0.3) is 0 Å². The Hall–Kier alpha value is -1.31. The van der Waals surface area contributed by atoms with Gasteiger partial charge in [0.1, 0.15) is 0 Å². The van der Waals surface area contributed by atoms with Crippen LogP contribution in [0, 0.1) is 6.92 Å². The second kappa shape index (κ2) is 4.11. The predicted molar refractivity (Wildman–Crippen MR) is 72.8 cm³/mol. The van der Waals surface area contributed by atoms with Gasteiger partial charge in [-0.1, -0.05) is 39.0 Å². The smallest absolute Gasteiger partial charge is 0.316 e. The standard InChI is InChI=1S/C16H22O2/c1-11-10-12(15(2,3)4)6-7-13(11)16(8-9-16)14(17)18-5/h6-7,10H,8-9H2,1-5H3. The minimum atomic E-state index is -0.352. The molecule has 1 fully saturated rings. The van der Waals surface area contributed by atoms with Crippen molar-refractivity contribution in [1.29, 1.82) is 0 Å². The van der Waals surface area contributed by atoms with Crippen LogP contribution in [0.1, 0.15) is 50.3 Å². The van der Waals surface area contributed by atoms with Crippen molar-refractivity contribution in [2.75, 3.05) is 7.11 Å². The van der Waals surface area contributed by atoms with Crippen molar-refractivity contribution in [2.24, 2.45) is 0 Å². The van der Waals surface area contributed by atoms with E-state index in [0.717, 1.165) is 18.4 Å². The molecular formula is C16H22O2. The van der Waals surface area contributed by atoms with Crippen LogP contribution in [0.4, 0.5) is 0 Å². The molecule has 1 aliphatic rings. The molecule has 1 aliphatic carbocycles. The predicted octanol–water partition coefficient (Wildman–Crippen LogP) is 3.50. The van der Waals surface area contributed by atoms with Crippen LogP contribution in [0.15, 0.2) is 18.2 Å². The van der Waals surface area contributed by atoms with Gasteiger partial charge in [0.15, 0.2) is 0 Å². The summed E-state index contributed by atoms with van der Waals surface area (Å²) >= 11 is 0. The van der Waals surface area contributed by atoms with Gasteiger partial charge >= 0.3 is 5.97 Å². The van der Waals surface area contributed by atoms with Gasteiger partial charge in [0.2, 0.25) is 0 Å². The number of methoxy groups -OCH3 is 1. The molecule has 0 aliphatic heterocycles. The van der Waals surface area contributed by atoms with E-state index in [-0.39, 0.29) is 16.8 Å². The third kappa shape index (κ3) is 2.05. The molecule has 0 N–H and O–H groups in total. The summed E-state index contributed by atoms with van der Waals surface area (Å²) in [6.45, 7) is 8.70. The molecule has 0 radical (unpaired) electrons. The monoisotopic (exact) mass is 246 g/mol. The summed E-state index contributed by atoms with van der Waals surface area (Å²) in [6.07, 6.45) is 1.82. The molecule has 0 aromatic heterocycles. The van der Waals surface area contributed by atoms with Gasteiger partial charge < -0.3 is 4.74 Å². The Morgan fingerprint density at radius 3 is 2.28 bits per heavy atom. The Morgan fingerprint density at radius 2 is 1.89 bits per heavy atom. The number of benzene rings is 1. The Balaban J connectivity index is 2.40. The Bertz CT molecular complexity index is 476. The summed E-state index contributed by atoms with van der Waals surface area (Å²) < 4.78 is 4.95. The summed E-state index contributed by atoms with van der Waals surface area (Å²) in [5.41, 5.74) is 3.44. The Labute approximate surface area is 109 Å². The van der Waals surface area contributed by atoms with E-state index < -0.39 is 0 Å². The van der Waals surface area contributed by atoms with E-state index in [0.29, 0.717) is 0 Å². The van der Waals surface area contributed by atoms with E-state index in [9.17, 15) is 4.79 Å². The molecule has 2 nitrogen and oxygen atoms in total. The molecule has 0 unspecified atom stereocenters. The third-order valence-electron chi connectivity index (χ3n) is 3.93. The van der Waals surface area contributed by atoms with Crippen LogP contribution in [0.3, 0.4) is 0 Å². The first-order chi connectivity index (χ1) is 8.31. The van der Waals surface area contributed by atoms with Crippen molar-refractivity contribution in [3.8, 4) is 0 Å². The van der Waals surface area contributed by atoms with E-state index in [1.807, 2.05) is 0 Å². The summed E-state index contributed by atoms with van der Waals surface area (Å²) in [4.78, 5) is 11.9. The lowest BCUT2D eigenvalue weighted by atomic mass is 9.83. The molecular weight excluding hydrogens is 224 g/mol. The lowest BCUT2D eigenvalue weighted by molar-refractivity contribution is -0.143. The van der Waals surface area contributed by atoms with Crippen LogP contribution in [-0.4, -0.2) is 13.1 Å². The molecule has 2 rings (SSSR count). The molecule has 1 saturated carbocycles. The molecule has 1 aromatic rings. The van der Waals surface area contributed by atoms with Crippen LogP contribution in [0.2, 0.25) is 0 Å². The van der Waals surface area contributed by atoms with Crippen LogP contribution >= 0.6 is 0 Å². The number of carbonyl (C=O) groups is 1. The Kier molecular flexibility index (Phi) is 3.00. The largest absolute Gasteiger partial charge is 0.468 e. The zero-order valence-electron chi connectivity index (χ0n) is 12.0. The van der Waals surface area contributed by atoms with E-state index >= 15 is 0 Å². The number of esters is 1. The maximum absolute atomic E-state index is 11.9. The maximum atomic E-state index is 11.9. The van der Waals surface area contributed by atoms with Gasteiger partial charge in [-0.05, 0) is 41.9 Å². The molecule has 98 valence electrons. The fraction of sp³-hybridized carbons (Fsp3) is 0.562. The molecule has 0 saturated heterocycles. The summed E-state index contributed by atoms with van der Waals surface area (Å²) in [7, 11) is 1.47. The Morgan fingerprint density at radius 1 is 1.28 bits per heavy atom. The summed E-state index contributed by atoms with van der Waals surface area (Å²) in [6, 6.07) is 6.46. The zero-order valence-corrected chi connectivity index (χ0v) is 12.0. The van der Waals surface area contributed by atoms with Gasteiger partial charge in [-0.25, -0.2) is 0 Å². The molecule has 0 atom stereocenters. The SMILES string of the molecule is COC(=O)C1(c2ccc(C(C)(C)C)cc2C)CC1. The highest BCUT2D eigenvalue weighted by molar-refractivity contribution is 5.87. The average Bonchev–Trinajstić information content (AvgIpc) is 3.08. The second-order valence-corrected chi connectivity index (χ2v) is 6.35. The quantitative estimate of drug-likeness (QED) is 0.747. The van der Waals surface area contributed by atoms with Gasteiger partial charge in [-0.3, -0.25) is 4.79 Å². The van der Waals surface area contributed by atoms with Crippen molar-refractivity contribution >= 4 is 5.97 Å². The number of ether oxygens (including phenoxy) is 1. The van der Waals surface area contributed by atoms with Gasteiger partial charge in [0.05, 0.1) is 12.5 Å². The van der Waals surface area contributed by atoms with Gasteiger partial charge in [0, 0.05) is 0 Å². The second-order valence-electron chi connectivity index (χ2n) is 6.35. The minimum absolute atomic E-state index is 0.0888. The van der Waals surface area contributed by atoms with Gasteiger partial charge in [-0.2, -0.15) is 0 Å². The molecule has 0 spiro atoms. The van der Waals surface area contributed by atoms with E-state index in [1.54, 1.807) is 0 Å². The zero-order chi connectivity index (χ0) is 13.6. The van der Waals surface area contributed by atoms with Crippen molar-refractivity contribution in [2.45, 2.75) is 51.4 Å². The third-order valence-corrected chi connectivity index (χ3v) is 3.93. The molecule has 0 bridgehead atoms. The number of aryl methyl sites for hydroxylation is 1. The first kappa shape index (κ1) is 13.1. The highest BCUT2D eigenvalue weighted by Crippen LogP contribution is 2.50. The molecule has 0 heterocycles. The number of carbonyl (C=O) groups excluding carboxylic acids is 1. The number of rotatable bonds is 2.